The second-order valence-corrected chi connectivity index (χ2v) is 12.3. The molecule has 1 aromatic heterocycles. The molecule has 0 amide bonds. The molecule has 5 nitrogen and oxygen atoms in total. The Labute approximate surface area is 272 Å². The molecule has 5 heteroatoms. The molecule has 9 rings (SSSR count). The Morgan fingerprint density at radius 1 is 0.489 bits per heavy atom. The fourth-order valence-corrected chi connectivity index (χ4v) is 6.61. The van der Waals surface area contributed by atoms with E-state index in [1.807, 2.05) is 78.9 Å². The van der Waals surface area contributed by atoms with E-state index in [0.29, 0.717) is 46.0 Å². The number of rotatable bonds is 4. The van der Waals surface area contributed by atoms with Gasteiger partial charge in [-0.15, -0.1) is 0 Å². The fourth-order valence-electron chi connectivity index (χ4n) is 6.61. The van der Waals surface area contributed by atoms with E-state index < -0.39 is 0 Å². The van der Waals surface area contributed by atoms with Crippen LogP contribution in [0.2, 0.25) is 0 Å². The maximum Gasteiger partial charge on any atom is 0.181 e. The molecule has 0 saturated carbocycles. The smallest absolute Gasteiger partial charge is 0.181 e. The molecule has 2 heterocycles. The summed E-state index contributed by atoms with van der Waals surface area (Å²) >= 11 is 0. The standard InChI is InChI=1S/C42H27N3O2/c1-42(2)33-18-10-9-16-30(33)32-24-36-37(25-34(32)42)47-38-31(17-11-19-35(38)46-36)41-44-39(28-14-7-4-8-15-28)43-40(45-41)29-22-20-27(21-23-29)26-12-5-3-6-13-26/h3-20,22,24-25H,1-2H3. The molecule has 6 aromatic rings. The zero-order valence-electron chi connectivity index (χ0n) is 25.8. The SMILES string of the molecule is CC1(C)c2ccccc2-c2cc3c(cc21)Oc1c(cccc1-c1nc(C2=C=C=C(c4ccccc4)C=C2)nc(-c2ccccc2)n1)O3. The van der Waals surface area contributed by atoms with Gasteiger partial charge in [-0.3, -0.25) is 0 Å². The number of benzene rings is 5. The number of aromatic nitrogens is 3. The Kier molecular flexibility index (Phi) is 6.00. The molecule has 0 fully saturated rings. The summed E-state index contributed by atoms with van der Waals surface area (Å²) in [7, 11) is 0. The zero-order chi connectivity index (χ0) is 31.5. The van der Waals surface area contributed by atoms with E-state index in [1.165, 1.54) is 22.3 Å². The summed E-state index contributed by atoms with van der Waals surface area (Å²) in [5.41, 5.74) is 15.7. The Morgan fingerprint density at radius 3 is 1.91 bits per heavy atom. The van der Waals surface area contributed by atoms with Gasteiger partial charge < -0.3 is 9.47 Å². The second kappa shape index (κ2) is 10.4. The number of hydrogen-bond acceptors (Lipinski definition) is 5. The van der Waals surface area contributed by atoms with Gasteiger partial charge in [0, 0.05) is 16.6 Å². The highest BCUT2D eigenvalue weighted by Gasteiger charge is 2.37. The first kappa shape index (κ1) is 27.1. The summed E-state index contributed by atoms with van der Waals surface area (Å²) < 4.78 is 13.2. The normalized spacial score (nSPS) is 14.5. The van der Waals surface area contributed by atoms with Crippen molar-refractivity contribution in [2.24, 2.45) is 0 Å². The quantitative estimate of drug-likeness (QED) is 0.187. The minimum atomic E-state index is -0.165. The molecule has 3 aliphatic rings. The number of ether oxygens (including phenoxy) is 2. The number of allylic oxidation sites excluding steroid dienone is 4. The second-order valence-electron chi connectivity index (χ2n) is 12.3. The number of nitrogens with zero attached hydrogens (tertiary/aromatic N) is 3. The number of hydrogen-bond donors (Lipinski definition) is 0. The minimum Gasteiger partial charge on any atom is -0.449 e. The average Bonchev–Trinajstić information content (AvgIpc) is 3.35. The van der Waals surface area contributed by atoms with Gasteiger partial charge in [-0.1, -0.05) is 116 Å². The third-order valence-corrected chi connectivity index (χ3v) is 9.04. The van der Waals surface area contributed by atoms with Crippen molar-refractivity contribution in [2.45, 2.75) is 19.3 Å². The van der Waals surface area contributed by atoms with Crippen LogP contribution in [0.25, 0.3) is 45.0 Å². The van der Waals surface area contributed by atoms with Crippen molar-refractivity contribution < 1.29 is 9.47 Å². The van der Waals surface area contributed by atoms with Crippen molar-refractivity contribution in [2.75, 3.05) is 0 Å². The van der Waals surface area contributed by atoms with Crippen LogP contribution in [0.5, 0.6) is 23.0 Å². The van der Waals surface area contributed by atoms with Gasteiger partial charge in [-0.25, -0.2) is 15.0 Å². The first-order valence-electron chi connectivity index (χ1n) is 15.6. The molecule has 1 aliphatic heterocycles. The fraction of sp³-hybridized carbons (Fsp3) is 0.0714. The van der Waals surface area contributed by atoms with Crippen molar-refractivity contribution in [1.82, 2.24) is 15.0 Å². The highest BCUT2D eigenvalue weighted by atomic mass is 16.6. The van der Waals surface area contributed by atoms with Crippen LogP contribution in [0, 0.1) is 0 Å². The lowest BCUT2D eigenvalue weighted by atomic mass is 9.82. The van der Waals surface area contributed by atoms with E-state index in [4.69, 9.17) is 24.4 Å². The van der Waals surface area contributed by atoms with Crippen molar-refractivity contribution in [3.8, 4) is 56.9 Å². The summed E-state index contributed by atoms with van der Waals surface area (Å²) in [4.78, 5) is 14.8. The summed E-state index contributed by atoms with van der Waals surface area (Å²) in [6, 6.07) is 38.7. The van der Waals surface area contributed by atoms with E-state index in [-0.39, 0.29) is 5.41 Å². The van der Waals surface area contributed by atoms with Crippen LogP contribution in [0.1, 0.15) is 36.4 Å². The molecule has 47 heavy (non-hydrogen) atoms. The van der Waals surface area contributed by atoms with E-state index in [1.54, 1.807) is 0 Å². The molecule has 0 spiro atoms. The Balaban J connectivity index is 1.17. The summed E-state index contributed by atoms with van der Waals surface area (Å²) in [6.07, 6.45) is 3.99. The zero-order valence-corrected chi connectivity index (χ0v) is 25.8. The lowest BCUT2D eigenvalue weighted by Crippen LogP contribution is -2.15. The van der Waals surface area contributed by atoms with Gasteiger partial charge in [0.05, 0.1) is 11.1 Å². The minimum absolute atomic E-state index is 0.165. The Bertz CT molecular complexity index is 2400. The lowest BCUT2D eigenvalue weighted by molar-refractivity contribution is 0.360. The van der Waals surface area contributed by atoms with Gasteiger partial charge in [-0.05, 0) is 64.2 Å². The maximum atomic E-state index is 6.70. The molecule has 0 unspecified atom stereocenters. The molecule has 5 aromatic carbocycles. The van der Waals surface area contributed by atoms with Crippen molar-refractivity contribution >= 4 is 11.1 Å². The van der Waals surface area contributed by atoms with Crippen LogP contribution in [-0.2, 0) is 5.41 Å². The number of para-hydroxylation sites is 1. The van der Waals surface area contributed by atoms with E-state index in [2.05, 4.69) is 73.8 Å². The first-order chi connectivity index (χ1) is 23.0. The topological polar surface area (TPSA) is 57.1 Å². The van der Waals surface area contributed by atoms with Crippen molar-refractivity contribution in [1.29, 1.82) is 0 Å². The molecule has 222 valence electrons. The van der Waals surface area contributed by atoms with Gasteiger partial charge in [0.25, 0.3) is 0 Å². The molecular formula is C42H27N3O2. The predicted octanol–water partition coefficient (Wildman–Crippen LogP) is 10.2. The van der Waals surface area contributed by atoms with Crippen LogP contribution in [0.3, 0.4) is 0 Å². The molecule has 0 atom stereocenters. The Morgan fingerprint density at radius 2 is 1.13 bits per heavy atom. The summed E-state index contributed by atoms with van der Waals surface area (Å²) in [6.45, 7) is 4.51. The van der Waals surface area contributed by atoms with Crippen LogP contribution >= 0.6 is 0 Å². The van der Waals surface area contributed by atoms with E-state index in [0.717, 1.165) is 22.3 Å². The van der Waals surface area contributed by atoms with Crippen LogP contribution in [-0.4, -0.2) is 15.0 Å². The highest BCUT2D eigenvalue weighted by molar-refractivity contribution is 5.85. The predicted molar refractivity (Wildman–Crippen MR) is 184 cm³/mol. The first-order valence-corrected chi connectivity index (χ1v) is 15.6. The molecule has 0 saturated heterocycles. The van der Waals surface area contributed by atoms with Gasteiger partial charge >= 0.3 is 0 Å². The van der Waals surface area contributed by atoms with Crippen LogP contribution in [0.4, 0.5) is 0 Å². The third kappa shape index (κ3) is 4.46. The molecular weight excluding hydrogens is 578 g/mol. The lowest BCUT2D eigenvalue weighted by Gasteiger charge is -2.26. The average molecular weight is 606 g/mol. The highest BCUT2D eigenvalue weighted by Crippen LogP contribution is 2.56. The third-order valence-electron chi connectivity index (χ3n) is 9.04. The largest absolute Gasteiger partial charge is 0.449 e. The summed E-state index contributed by atoms with van der Waals surface area (Å²) in [5.74, 6) is 4.06. The summed E-state index contributed by atoms with van der Waals surface area (Å²) in [5, 5.41) is 0. The van der Waals surface area contributed by atoms with E-state index >= 15 is 0 Å². The number of fused-ring (bicyclic) bond motifs is 5. The molecule has 0 radical (unpaired) electrons. The van der Waals surface area contributed by atoms with Crippen molar-refractivity contribution in [3.05, 3.63) is 161 Å². The molecule has 0 bridgehead atoms. The Hall–Kier alpha value is -6.25. The monoisotopic (exact) mass is 605 g/mol. The van der Waals surface area contributed by atoms with Crippen LogP contribution < -0.4 is 9.47 Å². The van der Waals surface area contributed by atoms with Crippen LogP contribution in [0.15, 0.2) is 139 Å². The van der Waals surface area contributed by atoms with Crippen molar-refractivity contribution in [3.63, 3.8) is 0 Å². The van der Waals surface area contributed by atoms with Gasteiger partial charge in [0.15, 0.2) is 40.5 Å². The van der Waals surface area contributed by atoms with Gasteiger partial charge in [0.2, 0.25) is 0 Å². The van der Waals surface area contributed by atoms with Gasteiger partial charge in [0.1, 0.15) is 0 Å². The van der Waals surface area contributed by atoms with E-state index in [9.17, 15) is 0 Å². The maximum absolute atomic E-state index is 6.70. The van der Waals surface area contributed by atoms with Gasteiger partial charge in [-0.2, -0.15) is 0 Å². The molecule has 0 N–H and O–H groups in total. The molecule has 2 aliphatic carbocycles.